The van der Waals surface area contributed by atoms with Crippen molar-refractivity contribution >= 4 is 17.5 Å². The molecule has 0 bridgehead atoms. The van der Waals surface area contributed by atoms with Gasteiger partial charge in [-0.1, -0.05) is 19.9 Å². The van der Waals surface area contributed by atoms with E-state index in [-0.39, 0.29) is 17.9 Å². The molecule has 2 aromatic heterocycles. The summed E-state index contributed by atoms with van der Waals surface area (Å²) in [5.74, 6) is 1.34. The van der Waals surface area contributed by atoms with Gasteiger partial charge in [-0.15, -0.1) is 0 Å². The van der Waals surface area contributed by atoms with Crippen molar-refractivity contribution in [2.24, 2.45) is 0 Å². The molecule has 2 atom stereocenters. The Morgan fingerprint density at radius 1 is 0.949 bits per heavy atom. The zero-order valence-electron chi connectivity index (χ0n) is 23.4. The number of fused-ring (bicyclic) bond motifs is 1. The van der Waals surface area contributed by atoms with Crippen molar-refractivity contribution in [2.45, 2.75) is 78.0 Å². The minimum atomic E-state index is -0.534. The molecule has 4 rings (SSSR count). The quantitative estimate of drug-likeness (QED) is 0.216. The monoisotopic (exact) mass is 534 g/mol. The molecule has 1 aromatic carbocycles. The number of H-pyrrole nitrogens is 2. The number of anilines is 1. The number of hydrogen-bond acceptors (Lipinski definition) is 6. The predicted octanol–water partition coefficient (Wildman–Crippen LogP) is 4.24. The second-order valence-electron chi connectivity index (χ2n) is 10.3. The molecule has 0 saturated carbocycles. The lowest BCUT2D eigenvalue weighted by atomic mass is 10.1. The Balaban J connectivity index is 1.41. The Labute approximate surface area is 231 Å². The van der Waals surface area contributed by atoms with Gasteiger partial charge >= 0.3 is 0 Å². The lowest BCUT2D eigenvalue weighted by Crippen LogP contribution is -2.41. The van der Waals surface area contributed by atoms with Crippen LogP contribution < -0.4 is 10.6 Å². The highest BCUT2D eigenvalue weighted by Crippen LogP contribution is 2.26. The van der Waals surface area contributed by atoms with Crippen LogP contribution in [0.15, 0.2) is 43.0 Å². The third-order valence-corrected chi connectivity index (χ3v) is 7.26. The summed E-state index contributed by atoms with van der Waals surface area (Å²) in [6.45, 7) is 10.9. The number of aromatic amines is 2. The SMILES string of the molecule is CCCN(CCC)CCCCC1NC(=O)c2ccc(CN(Cc3ncc[nH]3)C(C)c3ncc[nH]3)cc2NC1=O. The van der Waals surface area contributed by atoms with Gasteiger partial charge in [-0.25, -0.2) is 9.97 Å². The normalized spacial score (nSPS) is 16.2. The Morgan fingerprint density at radius 3 is 2.41 bits per heavy atom. The fourth-order valence-electron chi connectivity index (χ4n) is 5.19. The molecule has 10 nitrogen and oxygen atoms in total. The van der Waals surface area contributed by atoms with Crippen LogP contribution in [0.5, 0.6) is 0 Å². The summed E-state index contributed by atoms with van der Waals surface area (Å²) in [6, 6.07) is 5.13. The molecule has 2 amide bonds. The molecule has 3 heterocycles. The van der Waals surface area contributed by atoms with E-state index in [1.54, 1.807) is 18.5 Å². The maximum Gasteiger partial charge on any atom is 0.254 e. The summed E-state index contributed by atoms with van der Waals surface area (Å²) in [5, 5.41) is 5.97. The first kappa shape index (κ1) is 28.5. The molecule has 1 aliphatic heterocycles. The molecule has 2 unspecified atom stereocenters. The topological polar surface area (TPSA) is 122 Å². The van der Waals surface area contributed by atoms with Crippen molar-refractivity contribution in [3.63, 3.8) is 0 Å². The fraction of sp³-hybridized carbons (Fsp3) is 0.517. The molecule has 4 N–H and O–H groups in total. The minimum Gasteiger partial charge on any atom is -0.348 e. The van der Waals surface area contributed by atoms with Gasteiger partial charge in [0.2, 0.25) is 5.91 Å². The maximum absolute atomic E-state index is 13.1. The van der Waals surface area contributed by atoms with Crippen LogP contribution in [-0.4, -0.2) is 67.2 Å². The summed E-state index contributed by atoms with van der Waals surface area (Å²) in [4.78, 5) is 46.0. The Kier molecular flexibility index (Phi) is 10.3. The summed E-state index contributed by atoms with van der Waals surface area (Å²) in [5.41, 5.74) is 2.03. The second-order valence-corrected chi connectivity index (χ2v) is 10.3. The van der Waals surface area contributed by atoms with Crippen molar-refractivity contribution in [3.8, 4) is 0 Å². The van der Waals surface area contributed by atoms with Crippen LogP contribution in [0.2, 0.25) is 0 Å². The molecule has 3 aromatic rings. The number of carbonyl (C=O) groups excluding carboxylic acids is 2. The molecule has 0 radical (unpaired) electrons. The molecule has 0 saturated heterocycles. The van der Waals surface area contributed by atoms with Gasteiger partial charge in [0.05, 0.1) is 23.8 Å². The Hall–Kier alpha value is -3.50. The maximum atomic E-state index is 13.1. The number of unbranched alkanes of at least 4 members (excludes halogenated alkanes) is 1. The first-order valence-corrected chi connectivity index (χ1v) is 14.2. The van der Waals surface area contributed by atoms with Crippen LogP contribution >= 0.6 is 0 Å². The highest BCUT2D eigenvalue weighted by molar-refractivity contribution is 6.09. The third-order valence-electron chi connectivity index (χ3n) is 7.26. The van der Waals surface area contributed by atoms with E-state index in [1.807, 2.05) is 24.5 Å². The van der Waals surface area contributed by atoms with Crippen molar-refractivity contribution in [3.05, 3.63) is 65.8 Å². The number of nitrogens with one attached hydrogen (secondary N) is 4. The van der Waals surface area contributed by atoms with E-state index in [0.717, 1.165) is 62.5 Å². The van der Waals surface area contributed by atoms with Crippen molar-refractivity contribution in [2.75, 3.05) is 25.0 Å². The lowest BCUT2D eigenvalue weighted by Gasteiger charge is -2.27. The number of benzene rings is 1. The van der Waals surface area contributed by atoms with E-state index in [4.69, 9.17) is 0 Å². The molecule has 0 spiro atoms. The highest BCUT2D eigenvalue weighted by Gasteiger charge is 2.28. The van der Waals surface area contributed by atoms with E-state index in [1.165, 1.54) is 0 Å². The average molecular weight is 535 g/mol. The van der Waals surface area contributed by atoms with Crippen LogP contribution in [0.1, 0.15) is 86.5 Å². The van der Waals surface area contributed by atoms with Gasteiger partial charge in [0.15, 0.2) is 0 Å². The molecule has 210 valence electrons. The second kappa shape index (κ2) is 14.0. The largest absolute Gasteiger partial charge is 0.348 e. The molecule has 0 aliphatic carbocycles. The first-order chi connectivity index (χ1) is 19.0. The molecule has 1 aliphatic rings. The van der Waals surface area contributed by atoms with E-state index in [9.17, 15) is 9.59 Å². The van der Waals surface area contributed by atoms with Crippen molar-refractivity contribution < 1.29 is 9.59 Å². The van der Waals surface area contributed by atoms with Gasteiger partial charge in [-0.2, -0.15) is 0 Å². The summed E-state index contributed by atoms with van der Waals surface area (Å²) >= 11 is 0. The van der Waals surface area contributed by atoms with Crippen LogP contribution in [0.4, 0.5) is 5.69 Å². The van der Waals surface area contributed by atoms with Crippen molar-refractivity contribution in [1.29, 1.82) is 0 Å². The van der Waals surface area contributed by atoms with E-state index < -0.39 is 6.04 Å². The number of nitrogens with zero attached hydrogens (tertiary/aromatic N) is 4. The van der Waals surface area contributed by atoms with Crippen LogP contribution in [0.3, 0.4) is 0 Å². The number of amides is 2. The van der Waals surface area contributed by atoms with Crippen molar-refractivity contribution in [1.82, 2.24) is 35.1 Å². The van der Waals surface area contributed by atoms with Gasteiger partial charge in [0.1, 0.15) is 17.7 Å². The number of aromatic nitrogens is 4. The molecule has 0 fully saturated rings. The minimum absolute atomic E-state index is 0.00300. The van der Waals surface area contributed by atoms with Gasteiger partial charge in [-0.05, 0) is 76.4 Å². The standard InChI is InChI=1S/C29H42N8O2/c1-4-15-36(16-5-2)17-7-6-8-24-29(39)35-25-18-22(9-10-23(25)28(38)34-24)19-37(20-26-30-11-12-31-26)21(3)27-32-13-14-33-27/h9-14,18,21,24H,4-8,15-17,19-20H2,1-3H3,(H,30,31)(H,32,33)(H,34,38)(H,35,39). The van der Waals surface area contributed by atoms with E-state index in [2.05, 4.69) is 61.1 Å². The fourth-order valence-corrected chi connectivity index (χ4v) is 5.19. The predicted molar refractivity (Wildman–Crippen MR) is 152 cm³/mol. The van der Waals surface area contributed by atoms with Crippen LogP contribution in [-0.2, 0) is 17.9 Å². The van der Waals surface area contributed by atoms with Gasteiger partial charge in [-0.3, -0.25) is 14.5 Å². The summed E-state index contributed by atoms with van der Waals surface area (Å²) in [7, 11) is 0. The molecule has 10 heteroatoms. The summed E-state index contributed by atoms with van der Waals surface area (Å²) in [6.07, 6.45) is 11.9. The number of imidazole rings is 2. The molecule has 39 heavy (non-hydrogen) atoms. The number of rotatable bonds is 15. The number of hydrogen-bond donors (Lipinski definition) is 4. The van der Waals surface area contributed by atoms with E-state index >= 15 is 0 Å². The highest BCUT2D eigenvalue weighted by atomic mass is 16.2. The van der Waals surface area contributed by atoms with Gasteiger partial charge < -0.3 is 25.5 Å². The average Bonchev–Trinajstić information content (AvgIpc) is 3.63. The molecular formula is C29H42N8O2. The summed E-state index contributed by atoms with van der Waals surface area (Å²) < 4.78 is 0. The Morgan fingerprint density at radius 2 is 1.72 bits per heavy atom. The zero-order chi connectivity index (χ0) is 27.6. The number of carbonyl (C=O) groups is 2. The first-order valence-electron chi connectivity index (χ1n) is 14.2. The molecular weight excluding hydrogens is 492 g/mol. The van der Waals surface area contributed by atoms with E-state index in [0.29, 0.717) is 30.8 Å². The van der Waals surface area contributed by atoms with Crippen LogP contribution in [0.25, 0.3) is 0 Å². The third kappa shape index (κ3) is 7.77. The Bertz CT molecular complexity index is 1170. The zero-order valence-corrected chi connectivity index (χ0v) is 23.4. The lowest BCUT2D eigenvalue weighted by molar-refractivity contribution is -0.118. The van der Waals surface area contributed by atoms with Crippen LogP contribution in [0, 0.1) is 0 Å². The van der Waals surface area contributed by atoms with Gasteiger partial charge in [0, 0.05) is 31.3 Å². The smallest absolute Gasteiger partial charge is 0.254 e. The van der Waals surface area contributed by atoms with Gasteiger partial charge in [0.25, 0.3) is 5.91 Å².